The van der Waals surface area contributed by atoms with Gasteiger partial charge in [-0.15, -0.1) is 23.7 Å². The highest BCUT2D eigenvalue weighted by molar-refractivity contribution is 7.12. The molecule has 20 heavy (non-hydrogen) atoms. The molecule has 0 saturated heterocycles. The van der Waals surface area contributed by atoms with E-state index in [9.17, 15) is 9.59 Å². The lowest BCUT2D eigenvalue weighted by Crippen LogP contribution is -2.30. The molecular formula is C13H22ClN3O2S. The first-order chi connectivity index (χ1) is 9.09. The summed E-state index contributed by atoms with van der Waals surface area (Å²) in [6, 6.07) is 3.68. The molecule has 4 N–H and O–H groups in total. The zero-order valence-corrected chi connectivity index (χ0v) is 13.2. The van der Waals surface area contributed by atoms with E-state index in [4.69, 9.17) is 5.73 Å². The fourth-order valence-corrected chi connectivity index (χ4v) is 2.10. The van der Waals surface area contributed by atoms with Gasteiger partial charge in [0.2, 0.25) is 5.91 Å². The average Bonchev–Trinajstić information content (AvgIpc) is 2.89. The van der Waals surface area contributed by atoms with E-state index in [1.54, 1.807) is 6.07 Å². The Kier molecular flexibility index (Phi) is 10.1. The number of carbonyl (C=O) groups is 2. The van der Waals surface area contributed by atoms with E-state index in [0.29, 0.717) is 30.8 Å². The third-order valence-corrected chi connectivity index (χ3v) is 3.40. The summed E-state index contributed by atoms with van der Waals surface area (Å²) in [7, 11) is 0. The van der Waals surface area contributed by atoms with Crippen molar-refractivity contribution in [2.24, 2.45) is 5.73 Å². The van der Waals surface area contributed by atoms with Crippen LogP contribution in [0.2, 0.25) is 0 Å². The van der Waals surface area contributed by atoms with Crippen molar-refractivity contribution in [2.75, 3.05) is 13.1 Å². The first-order valence-electron chi connectivity index (χ1n) is 6.43. The van der Waals surface area contributed by atoms with Gasteiger partial charge in [-0.25, -0.2) is 0 Å². The van der Waals surface area contributed by atoms with Crippen LogP contribution in [0.5, 0.6) is 0 Å². The minimum absolute atomic E-state index is 0. The molecule has 0 aliphatic carbocycles. The van der Waals surface area contributed by atoms with E-state index in [1.165, 1.54) is 11.3 Å². The monoisotopic (exact) mass is 319 g/mol. The fraction of sp³-hybridized carbons (Fsp3) is 0.538. The maximum atomic E-state index is 11.6. The lowest BCUT2D eigenvalue weighted by Gasteiger charge is -2.07. The van der Waals surface area contributed by atoms with Crippen LogP contribution in [0.3, 0.4) is 0 Å². The van der Waals surface area contributed by atoms with E-state index >= 15 is 0 Å². The molecule has 5 nitrogen and oxygen atoms in total. The van der Waals surface area contributed by atoms with Crippen molar-refractivity contribution < 1.29 is 9.59 Å². The summed E-state index contributed by atoms with van der Waals surface area (Å²) in [5.74, 6) is -0.0415. The number of thiophene rings is 1. The maximum absolute atomic E-state index is 11.6. The van der Waals surface area contributed by atoms with Crippen LogP contribution in [0.1, 0.15) is 35.9 Å². The maximum Gasteiger partial charge on any atom is 0.261 e. The highest BCUT2D eigenvalue weighted by Gasteiger charge is 2.05. The number of carbonyl (C=O) groups excluding carboxylic acids is 2. The van der Waals surface area contributed by atoms with Crippen LogP contribution in [0, 0.1) is 0 Å². The Labute approximate surface area is 129 Å². The van der Waals surface area contributed by atoms with E-state index in [2.05, 4.69) is 10.6 Å². The molecule has 7 heteroatoms. The number of halogens is 1. The summed E-state index contributed by atoms with van der Waals surface area (Å²) in [5.41, 5.74) is 5.57. The second kappa shape index (κ2) is 10.7. The molecule has 1 heterocycles. The fourth-order valence-electron chi connectivity index (χ4n) is 1.46. The van der Waals surface area contributed by atoms with Crippen molar-refractivity contribution in [3.05, 3.63) is 22.4 Å². The summed E-state index contributed by atoms with van der Waals surface area (Å²) in [6.07, 6.45) is 1.88. The van der Waals surface area contributed by atoms with Crippen molar-refractivity contribution in [2.45, 2.75) is 32.2 Å². The Bertz CT molecular complexity index is 396. The first-order valence-corrected chi connectivity index (χ1v) is 7.31. The Hall–Kier alpha value is -1.11. The third-order valence-electron chi connectivity index (χ3n) is 2.53. The summed E-state index contributed by atoms with van der Waals surface area (Å²) in [4.78, 5) is 23.7. The Morgan fingerprint density at radius 3 is 2.65 bits per heavy atom. The zero-order chi connectivity index (χ0) is 14.1. The van der Waals surface area contributed by atoms with E-state index in [1.807, 2.05) is 18.4 Å². The molecule has 1 unspecified atom stereocenters. The van der Waals surface area contributed by atoms with Crippen LogP contribution in [0.25, 0.3) is 0 Å². The molecule has 0 spiro atoms. The number of nitrogens with one attached hydrogen (secondary N) is 2. The lowest BCUT2D eigenvalue weighted by atomic mass is 10.2. The Balaban J connectivity index is 0.00000361. The smallest absolute Gasteiger partial charge is 0.261 e. The predicted molar refractivity (Wildman–Crippen MR) is 84.4 cm³/mol. The highest BCUT2D eigenvalue weighted by atomic mass is 35.5. The molecule has 0 aliphatic rings. The Morgan fingerprint density at radius 2 is 2.05 bits per heavy atom. The van der Waals surface area contributed by atoms with Crippen LogP contribution >= 0.6 is 23.7 Å². The van der Waals surface area contributed by atoms with Gasteiger partial charge in [0.05, 0.1) is 4.88 Å². The van der Waals surface area contributed by atoms with Gasteiger partial charge < -0.3 is 16.4 Å². The van der Waals surface area contributed by atoms with Crippen LogP contribution < -0.4 is 16.4 Å². The van der Waals surface area contributed by atoms with E-state index < -0.39 is 0 Å². The number of amides is 2. The van der Waals surface area contributed by atoms with Crippen LogP contribution in [-0.2, 0) is 4.79 Å². The predicted octanol–water partition coefficient (Wildman–Crippen LogP) is 1.53. The van der Waals surface area contributed by atoms with Gasteiger partial charge in [0.1, 0.15) is 0 Å². The van der Waals surface area contributed by atoms with Gasteiger partial charge in [-0.2, -0.15) is 0 Å². The van der Waals surface area contributed by atoms with Gasteiger partial charge in [0, 0.05) is 25.6 Å². The average molecular weight is 320 g/mol. The number of hydrogen-bond acceptors (Lipinski definition) is 4. The molecule has 0 saturated carbocycles. The van der Waals surface area contributed by atoms with Crippen LogP contribution in [0.4, 0.5) is 0 Å². The van der Waals surface area contributed by atoms with Gasteiger partial charge >= 0.3 is 0 Å². The van der Waals surface area contributed by atoms with Crippen molar-refractivity contribution >= 4 is 35.6 Å². The van der Waals surface area contributed by atoms with Gasteiger partial charge in [0.25, 0.3) is 5.91 Å². The largest absolute Gasteiger partial charge is 0.356 e. The molecule has 1 aromatic rings. The normalized spacial score (nSPS) is 11.3. The topological polar surface area (TPSA) is 84.2 Å². The number of nitrogens with two attached hydrogens (primary N) is 1. The van der Waals surface area contributed by atoms with Crippen molar-refractivity contribution in [3.8, 4) is 0 Å². The molecule has 114 valence electrons. The van der Waals surface area contributed by atoms with Crippen molar-refractivity contribution in [1.29, 1.82) is 0 Å². The second-order valence-electron chi connectivity index (χ2n) is 4.45. The van der Waals surface area contributed by atoms with Gasteiger partial charge in [-0.1, -0.05) is 6.07 Å². The van der Waals surface area contributed by atoms with Crippen LogP contribution in [0.15, 0.2) is 17.5 Å². The van der Waals surface area contributed by atoms with E-state index in [0.717, 1.165) is 6.42 Å². The minimum atomic E-state index is -0.0571. The molecule has 1 rings (SSSR count). The van der Waals surface area contributed by atoms with Gasteiger partial charge in [-0.05, 0) is 31.2 Å². The van der Waals surface area contributed by atoms with Crippen molar-refractivity contribution in [3.63, 3.8) is 0 Å². The van der Waals surface area contributed by atoms with Gasteiger partial charge in [-0.3, -0.25) is 9.59 Å². The van der Waals surface area contributed by atoms with Crippen molar-refractivity contribution in [1.82, 2.24) is 10.6 Å². The molecule has 0 aliphatic heterocycles. The van der Waals surface area contributed by atoms with E-state index in [-0.39, 0.29) is 30.3 Å². The SMILES string of the molecule is CC(N)CCC(=O)NCCCNC(=O)c1cccs1.Cl. The molecule has 1 aromatic heterocycles. The number of hydrogen-bond donors (Lipinski definition) is 3. The second-order valence-corrected chi connectivity index (χ2v) is 5.40. The Morgan fingerprint density at radius 1 is 1.35 bits per heavy atom. The summed E-state index contributed by atoms with van der Waals surface area (Å²) < 4.78 is 0. The lowest BCUT2D eigenvalue weighted by molar-refractivity contribution is -0.121. The van der Waals surface area contributed by atoms with Crippen LogP contribution in [-0.4, -0.2) is 30.9 Å². The molecular weight excluding hydrogens is 298 g/mol. The molecule has 0 bridgehead atoms. The molecule has 0 radical (unpaired) electrons. The number of rotatable bonds is 8. The minimum Gasteiger partial charge on any atom is -0.356 e. The highest BCUT2D eigenvalue weighted by Crippen LogP contribution is 2.07. The first kappa shape index (κ1) is 18.9. The summed E-state index contributed by atoms with van der Waals surface area (Å²) in [5, 5.41) is 7.48. The zero-order valence-electron chi connectivity index (χ0n) is 11.6. The summed E-state index contributed by atoms with van der Waals surface area (Å²) in [6.45, 7) is 3.01. The molecule has 1 atom stereocenters. The molecule has 0 fully saturated rings. The molecule has 2 amide bonds. The van der Waals surface area contributed by atoms with Gasteiger partial charge in [0.15, 0.2) is 0 Å². The molecule has 0 aromatic carbocycles. The third kappa shape index (κ3) is 8.14. The standard InChI is InChI=1S/C13H21N3O2S.ClH/c1-10(14)5-6-12(17)15-7-3-8-16-13(18)11-4-2-9-19-11;/h2,4,9-10H,3,5-8,14H2,1H3,(H,15,17)(H,16,18);1H. The quantitative estimate of drug-likeness (QED) is 0.635. The summed E-state index contributed by atoms with van der Waals surface area (Å²) >= 11 is 1.42.